The Morgan fingerprint density at radius 2 is 1.97 bits per heavy atom. The lowest BCUT2D eigenvalue weighted by Gasteiger charge is -2.00. The normalized spacial score (nSPS) is 10.9. The molecule has 3 rings (SSSR count). The molecule has 152 valence electrons. The van der Waals surface area contributed by atoms with Gasteiger partial charge in [0.05, 0.1) is 17.2 Å². The first kappa shape index (κ1) is 20.9. The van der Waals surface area contributed by atoms with Crippen LogP contribution in [0.2, 0.25) is 5.02 Å². The number of para-hydroxylation sites is 1. The summed E-state index contributed by atoms with van der Waals surface area (Å²) in [5, 5.41) is 15.2. The average molecular weight is 426 g/mol. The van der Waals surface area contributed by atoms with Crippen LogP contribution < -0.4 is 0 Å². The van der Waals surface area contributed by atoms with Gasteiger partial charge in [-0.05, 0) is 43.3 Å². The van der Waals surface area contributed by atoms with Crippen molar-refractivity contribution in [2.24, 2.45) is 0 Å². The zero-order chi connectivity index (χ0) is 21.7. The molecule has 0 aliphatic carbocycles. The Hall–Kier alpha value is -3.78. The monoisotopic (exact) mass is 425 g/mol. The van der Waals surface area contributed by atoms with Crippen LogP contribution in [0.3, 0.4) is 0 Å². The third-order valence-corrected chi connectivity index (χ3v) is 4.39. The molecule has 0 bridgehead atoms. The van der Waals surface area contributed by atoms with Gasteiger partial charge >= 0.3 is 5.97 Å². The number of esters is 1. The van der Waals surface area contributed by atoms with Crippen LogP contribution in [0.15, 0.2) is 60.8 Å². The van der Waals surface area contributed by atoms with E-state index >= 15 is 0 Å². The number of nitro benzene ring substituents is 1. The summed E-state index contributed by atoms with van der Waals surface area (Å²) in [6, 6.07) is 12.9. The fourth-order valence-corrected chi connectivity index (χ4v) is 2.83. The molecule has 3 aromatic rings. The molecule has 0 aliphatic rings. The van der Waals surface area contributed by atoms with Crippen molar-refractivity contribution in [2.45, 2.75) is 6.92 Å². The number of nitro groups is 1. The van der Waals surface area contributed by atoms with Gasteiger partial charge < -0.3 is 4.74 Å². The molecule has 0 N–H and O–H groups in total. The predicted molar refractivity (Wildman–Crippen MR) is 111 cm³/mol. The number of halogens is 1. The van der Waals surface area contributed by atoms with Gasteiger partial charge in [0.25, 0.3) is 5.69 Å². The lowest BCUT2D eigenvalue weighted by atomic mass is 10.1. The SMILES string of the molecule is CCOC(=O)c1nn(-c2ccccc2)cc1/C=C/C(=O)c1ccc(Cl)c([N+](=O)[O-])c1. The zero-order valence-electron chi connectivity index (χ0n) is 15.8. The van der Waals surface area contributed by atoms with Gasteiger partial charge in [-0.1, -0.05) is 29.8 Å². The Balaban J connectivity index is 1.94. The van der Waals surface area contributed by atoms with Crippen LogP contribution in [0.5, 0.6) is 0 Å². The van der Waals surface area contributed by atoms with Gasteiger partial charge in [-0.25, -0.2) is 9.48 Å². The molecule has 0 aliphatic heterocycles. The first-order valence-corrected chi connectivity index (χ1v) is 9.27. The summed E-state index contributed by atoms with van der Waals surface area (Å²) in [6.45, 7) is 1.85. The van der Waals surface area contributed by atoms with Crippen LogP contribution in [-0.2, 0) is 4.74 Å². The molecule has 1 heterocycles. The minimum absolute atomic E-state index is 0.0480. The van der Waals surface area contributed by atoms with E-state index in [0.717, 1.165) is 11.8 Å². The summed E-state index contributed by atoms with van der Waals surface area (Å²) in [4.78, 5) is 35.1. The lowest BCUT2D eigenvalue weighted by molar-refractivity contribution is -0.384. The molecule has 8 nitrogen and oxygen atoms in total. The molecule has 0 spiro atoms. The van der Waals surface area contributed by atoms with E-state index in [9.17, 15) is 19.7 Å². The van der Waals surface area contributed by atoms with Gasteiger partial charge in [0.2, 0.25) is 0 Å². The van der Waals surface area contributed by atoms with Crippen molar-refractivity contribution in [2.75, 3.05) is 6.61 Å². The number of carbonyl (C=O) groups excluding carboxylic acids is 2. The highest BCUT2D eigenvalue weighted by molar-refractivity contribution is 6.32. The van der Waals surface area contributed by atoms with Crippen LogP contribution in [0.1, 0.15) is 33.3 Å². The highest BCUT2D eigenvalue weighted by Gasteiger charge is 2.18. The standard InChI is InChI=1S/C21H16ClN3O5/c1-2-30-21(27)20-15(13-24(23-20)16-6-4-3-5-7-16)9-11-19(26)14-8-10-17(22)18(12-14)25(28)29/h3-13H,2H2,1H3/b11-9+. The smallest absolute Gasteiger partial charge is 0.359 e. The molecule has 0 saturated heterocycles. The Morgan fingerprint density at radius 3 is 2.63 bits per heavy atom. The molecular weight excluding hydrogens is 410 g/mol. The van der Waals surface area contributed by atoms with Gasteiger partial charge in [0.15, 0.2) is 11.5 Å². The van der Waals surface area contributed by atoms with Gasteiger partial charge in [-0.2, -0.15) is 5.10 Å². The highest BCUT2D eigenvalue weighted by Crippen LogP contribution is 2.25. The number of aromatic nitrogens is 2. The molecule has 0 saturated carbocycles. The number of carbonyl (C=O) groups is 2. The number of allylic oxidation sites excluding steroid dienone is 1. The fraction of sp³-hybridized carbons (Fsp3) is 0.0952. The van der Waals surface area contributed by atoms with Crippen molar-refractivity contribution < 1.29 is 19.2 Å². The Morgan fingerprint density at radius 1 is 1.23 bits per heavy atom. The summed E-state index contributed by atoms with van der Waals surface area (Å²) in [7, 11) is 0. The third kappa shape index (κ3) is 4.61. The zero-order valence-corrected chi connectivity index (χ0v) is 16.6. The van der Waals surface area contributed by atoms with E-state index in [1.807, 2.05) is 30.3 Å². The second kappa shape index (κ2) is 9.15. The highest BCUT2D eigenvalue weighted by atomic mass is 35.5. The second-order valence-corrected chi connectivity index (χ2v) is 6.46. The number of nitrogens with zero attached hydrogens (tertiary/aromatic N) is 3. The van der Waals surface area contributed by atoms with E-state index in [2.05, 4.69) is 5.10 Å². The van der Waals surface area contributed by atoms with Gasteiger partial charge in [-0.15, -0.1) is 0 Å². The minimum atomic E-state index is -0.661. The maximum atomic E-state index is 12.5. The van der Waals surface area contributed by atoms with Crippen LogP contribution in [0.25, 0.3) is 11.8 Å². The molecule has 1 aromatic heterocycles. The predicted octanol–water partition coefficient (Wildman–Crippen LogP) is 4.51. The van der Waals surface area contributed by atoms with E-state index in [-0.39, 0.29) is 28.6 Å². The minimum Gasteiger partial charge on any atom is -0.461 e. The fourth-order valence-electron chi connectivity index (χ4n) is 2.65. The topological polar surface area (TPSA) is 104 Å². The summed E-state index contributed by atoms with van der Waals surface area (Å²) in [5.41, 5.74) is 0.874. The summed E-state index contributed by atoms with van der Waals surface area (Å²) < 4.78 is 6.54. The van der Waals surface area contributed by atoms with Crippen molar-refractivity contribution in [3.05, 3.63) is 92.8 Å². The van der Waals surface area contributed by atoms with E-state index in [4.69, 9.17) is 16.3 Å². The molecular formula is C21H16ClN3O5. The largest absolute Gasteiger partial charge is 0.461 e. The number of hydrogen-bond donors (Lipinski definition) is 0. The first-order valence-electron chi connectivity index (χ1n) is 8.89. The molecule has 0 fully saturated rings. The average Bonchev–Trinajstić information content (AvgIpc) is 3.17. The van der Waals surface area contributed by atoms with Crippen LogP contribution in [-0.4, -0.2) is 33.1 Å². The second-order valence-electron chi connectivity index (χ2n) is 6.05. The van der Waals surface area contributed by atoms with Gasteiger partial charge in [0, 0.05) is 23.4 Å². The van der Waals surface area contributed by atoms with Crippen LogP contribution >= 0.6 is 11.6 Å². The van der Waals surface area contributed by atoms with Gasteiger partial charge in [-0.3, -0.25) is 14.9 Å². The molecule has 0 atom stereocenters. The van der Waals surface area contributed by atoms with E-state index in [1.54, 1.807) is 13.1 Å². The maximum absolute atomic E-state index is 12.5. The van der Waals surface area contributed by atoms with E-state index in [0.29, 0.717) is 5.56 Å². The van der Waals surface area contributed by atoms with Crippen molar-refractivity contribution in [3.63, 3.8) is 0 Å². The van der Waals surface area contributed by atoms with E-state index < -0.39 is 16.7 Å². The molecule has 0 unspecified atom stereocenters. The Kier molecular flexibility index (Phi) is 6.38. The summed E-state index contributed by atoms with van der Waals surface area (Å²) in [5.74, 6) is -1.11. The number of ether oxygens (including phenoxy) is 1. The maximum Gasteiger partial charge on any atom is 0.359 e. The number of ketones is 1. The van der Waals surface area contributed by atoms with Crippen LogP contribution in [0.4, 0.5) is 5.69 Å². The Bertz CT molecular complexity index is 1140. The molecule has 0 amide bonds. The van der Waals surface area contributed by atoms with E-state index in [1.165, 1.54) is 29.0 Å². The van der Waals surface area contributed by atoms with Crippen molar-refractivity contribution in [1.82, 2.24) is 9.78 Å². The molecule has 0 radical (unpaired) electrons. The molecule has 9 heteroatoms. The Labute approximate surface area is 176 Å². The quantitative estimate of drug-likeness (QED) is 0.181. The molecule has 30 heavy (non-hydrogen) atoms. The van der Waals surface area contributed by atoms with Crippen molar-refractivity contribution in [3.8, 4) is 5.69 Å². The number of hydrogen-bond acceptors (Lipinski definition) is 6. The summed E-state index contributed by atoms with van der Waals surface area (Å²) in [6.07, 6.45) is 4.22. The lowest BCUT2D eigenvalue weighted by Crippen LogP contribution is -2.08. The number of benzene rings is 2. The third-order valence-electron chi connectivity index (χ3n) is 4.07. The van der Waals surface area contributed by atoms with Crippen molar-refractivity contribution >= 4 is 35.1 Å². The first-order chi connectivity index (χ1) is 14.4. The van der Waals surface area contributed by atoms with Crippen LogP contribution in [0, 0.1) is 10.1 Å². The van der Waals surface area contributed by atoms with Crippen molar-refractivity contribution in [1.29, 1.82) is 0 Å². The summed E-state index contributed by atoms with van der Waals surface area (Å²) >= 11 is 5.78. The van der Waals surface area contributed by atoms with Gasteiger partial charge in [0.1, 0.15) is 5.02 Å². The number of rotatable bonds is 7. The molecule has 2 aromatic carbocycles.